The Bertz CT molecular complexity index is 1510. The van der Waals surface area contributed by atoms with E-state index in [-0.39, 0.29) is 36.9 Å². The molecule has 3 heterocycles. The predicted octanol–water partition coefficient (Wildman–Crippen LogP) is 4.72. The molecule has 1 N–H and O–H groups in total. The smallest absolute Gasteiger partial charge is 0.266 e. The quantitative estimate of drug-likeness (QED) is 0.449. The highest BCUT2D eigenvalue weighted by Crippen LogP contribution is 2.50. The van der Waals surface area contributed by atoms with Gasteiger partial charge in [-0.05, 0) is 32.8 Å². The molecular formula is C26H26F3N6O2P. The number of aryl methyl sites for hydroxylation is 1. The van der Waals surface area contributed by atoms with E-state index >= 15 is 0 Å². The molecule has 1 atom stereocenters. The van der Waals surface area contributed by atoms with Gasteiger partial charge in [-0.15, -0.1) is 0 Å². The lowest BCUT2D eigenvalue weighted by atomic mass is 10.0. The molecule has 5 rings (SSSR count). The monoisotopic (exact) mass is 542 g/mol. The topological polar surface area (TPSA) is 112 Å². The van der Waals surface area contributed by atoms with Gasteiger partial charge in [-0.25, -0.2) is 23.1 Å². The van der Waals surface area contributed by atoms with E-state index in [4.69, 9.17) is 0 Å². The number of carbonyl (C=O) groups excluding carboxylic acids is 1. The second kappa shape index (κ2) is 9.66. The van der Waals surface area contributed by atoms with E-state index in [1.807, 2.05) is 0 Å². The van der Waals surface area contributed by atoms with Crippen LogP contribution in [0.2, 0.25) is 0 Å². The maximum Gasteiger partial charge on any atom is 0.266 e. The molecule has 0 unspecified atom stereocenters. The summed E-state index contributed by atoms with van der Waals surface area (Å²) < 4.78 is 55.1. The molecule has 2 aromatic heterocycles. The highest BCUT2D eigenvalue weighted by atomic mass is 31.2. The van der Waals surface area contributed by atoms with Gasteiger partial charge in [0.05, 0.1) is 29.4 Å². The van der Waals surface area contributed by atoms with Crippen LogP contribution < -0.4 is 10.8 Å². The summed E-state index contributed by atoms with van der Waals surface area (Å²) in [6.07, 6.45) is 0.192. The van der Waals surface area contributed by atoms with Crippen LogP contribution in [0.1, 0.15) is 49.2 Å². The van der Waals surface area contributed by atoms with Crippen molar-refractivity contribution in [3.05, 3.63) is 53.2 Å². The van der Waals surface area contributed by atoms with Gasteiger partial charge in [0.1, 0.15) is 35.5 Å². The standard InChI is InChI=1S/C26H26F3N6O2P/c1-15(17-4-3-5-18(22(17)27)23(28)29)32-24-19-12-21(31-13-20(19)33-16(2)34-24)38(37)10-8-35(9-11-38)25(36)26(14-30)6-7-26/h3-5,12-13,15,23H,6-11H2,1-2H3,(H,32,33,34)/t15-/m1/s1. The molecule has 1 aromatic carbocycles. The van der Waals surface area contributed by atoms with Gasteiger partial charge in [0.2, 0.25) is 5.91 Å². The number of nitrogens with one attached hydrogen (secondary N) is 1. The van der Waals surface area contributed by atoms with E-state index in [1.165, 1.54) is 18.3 Å². The van der Waals surface area contributed by atoms with Crippen LogP contribution >= 0.6 is 7.14 Å². The number of alkyl halides is 2. The van der Waals surface area contributed by atoms with E-state index in [0.717, 1.165) is 6.07 Å². The molecule has 0 bridgehead atoms. The molecule has 1 saturated carbocycles. The van der Waals surface area contributed by atoms with Crippen LogP contribution in [-0.4, -0.2) is 51.2 Å². The van der Waals surface area contributed by atoms with Gasteiger partial charge in [0.25, 0.3) is 6.43 Å². The van der Waals surface area contributed by atoms with Gasteiger partial charge in [0.15, 0.2) is 0 Å². The number of amides is 1. The summed E-state index contributed by atoms with van der Waals surface area (Å²) in [4.78, 5) is 27.6. The van der Waals surface area contributed by atoms with Crippen molar-refractivity contribution in [2.24, 2.45) is 5.41 Å². The lowest BCUT2D eigenvalue weighted by Gasteiger charge is -2.33. The summed E-state index contributed by atoms with van der Waals surface area (Å²) >= 11 is 0. The number of pyridine rings is 1. The van der Waals surface area contributed by atoms with E-state index in [9.17, 15) is 27.8 Å². The Morgan fingerprint density at radius 2 is 1.89 bits per heavy atom. The van der Waals surface area contributed by atoms with Crippen LogP contribution in [0.25, 0.3) is 10.9 Å². The minimum Gasteiger partial charge on any atom is -0.363 e. The van der Waals surface area contributed by atoms with Gasteiger partial charge in [0, 0.05) is 36.4 Å². The molecule has 2 fully saturated rings. The Kier molecular flexibility index (Phi) is 6.64. The largest absolute Gasteiger partial charge is 0.363 e. The Hall–Kier alpha value is -3.51. The number of hydrogen-bond acceptors (Lipinski definition) is 7. The van der Waals surface area contributed by atoms with Crippen molar-refractivity contribution in [2.45, 2.75) is 39.2 Å². The molecule has 1 amide bonds. The summed E-state index contributed by atoms with van der Waals surface area (Å²) in [6.45, 7) is 3.89. The van der Waals surface area contributed by atoms with Crippen LogP contribution in [0.15, 0.2) is 30.5 Å². The van der Waals surface area contributed by atoms with Crippen LogP contribution in [-0.2, 0) is 9.36 Å². The van der Waals surface area contributed by atoms with Gasteiger partial charge < -0.3 is 14.8 Å². The first-order valence-corrected chi connectivity index (χ1v) is 14.4. The molecule has 38 heavy (non-hydrogen) atoms. The number of nitrogens with zero attached hydrogens (tertiary/aromatic N) is 5. The van der Waals surface area contributed by atoms with Crippen molar-refractivity contribution in [2.75, 3.05) is 30.7 Å². The molecule has 0 spiro atoms. The van der Waals surface area contributed by atoms with Crippen molar-refractivity contribution in [1.29, 1.82) is 5.26 Å². The fraction of sp³-hybridized carbons (Fsp3) is 0.423. The maximum absolute atomic E-state index is 14.8. The highest BCUT2D eigenvalue weighted by molar-refractivity contribution is 7.71. The lowest BCUT2D eigenvalue weighted by molar-refractivity contribution is -0.134. The predicted molar refractivity (Wildman–Crippen MR) is 136 cm³/mol. The third-order valence-electron chi connectivity index (χ3n) is 7.33. The number of aromatic nitrogens is 3. The Morgan fingerprint density at radius 1 is 1.21 bits per heavy atom. The molecule has 0 radical (unpaired) electrons. The summed E-state index contributed by atoms with van der Waals surface area (Å²) in [5, 5.41) is 13.0. The van der Waals surface area contributed by atoms with E-state index in [1.54, 1.807) is 24.8 Å². The number of halogens is 3. The first kappa shape index (κ1) is 26.1. The summed E-state index contributed by atoms with van der Waals surface area (Å²) in [5.41, 5.74) is -0.646. The van der Waals surface area contributed by atoms with Gasteiger partial charge in [-0.2, -0.15) is 5.26 Å². The molecule has 3 aromatic rings. The zero-order valence-electron chi connectivity index (χ0n) is 20.9. The van der Waals surface area contributed by atoms with E-state index < -0.39 is 36.4 Å². The number of anilines is 1. The van der Waals surface area contributed by atoms with Crippen molar-refractivity contribution < 1.29 is 22.5 Å². The summed E-state index contributed by atoms with van der Waals surface area (Å²) in [5.74, 6) is -0.399. The molecule has 1 aliphatic carbocycles. The molecule has 198 valence electrons. The second-order valence-corrected chi connectivity index (χ2v) is 13.1. The highest BCUT2D eigenvalue weighted by Gasteiger charge is 2.53. The molecule has 1 aliphatic heterocycles. The third-order valence-corrected chi connectivity index (χ3v) is 10.3. The van der Waals surface area contributed by atoms with Gasteiger partial charge in [-0.3, -0.25) is 9.78 Å². The number of fused-ring (bicyclic) bond motifs is 1. The normalized spacial score (nSPS) is 18.7. The fourth-order valence-electron chi connectivity index (χ4n) is 4.85. The average molecular weight is 543 g/mol. The number of hydrogen-bond donors (Lipinski definition) is 1. The van der Waals surface area contributed by atoms with Crippen LogP contribution in [0.3, 0.4) is 0 Å². The second-order valence-electron chi connectivity index (χ2n) is 9.92. The Balaban J connectivity index is 1.42. The number of rotatable bonds is 6. The molecule has 2 aliphatic rings. The minimum atomic E-state index is -2.95. The van der Waals surface area contributed by atoms with Crippen molar-refractivity contribution in [1.82, 2.24) is 19.9 Å². The van der Waals surface area contributed by atoms with Crippen molar-refractivity contribution in [3.63, 3.8) is 0 Å². The van der Waals surface area contributed by atoms with E-state index in [2.05, 4.69) is 26.3 Å². The molecule has 8 nitrogen and oxygen atoms in total. The summed E-state index contributed by atoms with van der Waals surface area (Å²) in [7, 11) is -2.95. The first-order chi connectivity index (χ1) is 18.1. The SMILES string of the molecule is Cc1nc(N[C@H](C)c2cccc(C(F)F)c2F)c2cc(P3(=O)CCN(C(=O)C4(C#N)CC4)CC3)ncc2n1. The Morgan fingerprint density at radius 3 is 2.53 bits per heavy atom. The van der Waals surface area contributed by atoms with Crippen molar-refractivity contribution in [3.8, 4) is 6.07 Å². The first-order valence-electron chi connectivity index (χ1n) is 12.3. The third kappa shape index (κ3) is 4.62. The Labute approximate surface area is 217 Å². The number of carbonyl (C=O) groups is 1. The van der Waals surface area contributed by atoms with Gasteiger partial charge >= 0.3 is 0 Å². The zero-order valence-corrected chi connectivity index (χ0v) is 21.8. The molecule has 12 heteroatoms. The van der Waals surface area contributed by atoms with Crippen molar-refractivity contribution >= 4 is 35.2 Å². The molecular weight excluding hydrogens is 516 g/mol. The lowest BCUT2D eigenvalue weighted by Crippen LogP contribution is -2.44. The number of nitriles is 1. The minimum absolute atomic E-state index is 0.0668. The van der Waals surface area contributed by atoms with Gasteiger partial charge in [-0.1, -0.05) is 18.2 Å². The maximum atomic E-state index is 14.8. The van der Waals surface area contributed by atoms with E-state index in [0.29, 0.717) is 40.8 Å². The van der Waals surface area contributed by atoms with Crippen LogP contribution in [0, 0.1) is 29.5 Å². The fourth-order valence-corrected chi connectivity index (χ4v) is 7.29. The zero-order chi connectivity index (χ0) is 27.2. The average Bonchev–Trinajstić information content (AvgIpc) is 3.70. The summed E-state index contributed by atoms with van der Waals surface area (Å²) in [6, 6.07) is 6.95. The van der Waals surface area contributed by atoms with Crippen LogP contribution in [0.5, 0.6) is 0 Å². The molecule has 1 saturated heterocycles. The van der Waals surface area contributed by atoms with Crippen LogP contribution in [0.4, 0.5) is 19.0 Å². The number of benzene rings is 1.